The number of thiazole rings is 1. The summed E-state index contributed by atoms with van der Waals surface area (Å²) in [6, 6.07) is 6.61. The van der Waals surface area contributed by atoms with E-state index in [1.165, 1.54) is 25.0 Å². The van der Waals surface area contributed by atoms with Gasteiger partial charge in [0.2, 0.25) is 0 Å². The standard InChI is InChI=1S/C20H28FN5S.HI/c1-3-22-19(25(2)14-16-6-8-17(21)9-7-16)23-11-10-18-15-27-20(24-18)26-12-4-5-13-26;/h6-9,15H,3-5,10-14H2,1-2H3,(H,22,23);1H. The second-order valence-electron chi connectivity index (χ2n) is 6.78. The Morgan fingerprint density at radius 3 is 2.68 bits per heavy atom. The average Bonchev–Trinajstić information content (AvgIpc) is 3.34. The number of aliphatic imine (C=N–C) groups is 1. The van der Waals surface area contributed by atoms with Gasteiger partial charge in [-0.3, -0.25) is 4.99 Å². The monoisotopic (exact) mass is 517 g/mol. The minimum atomic E-state index is -0.210. The minimum absolute atomic E-state index is 0. The molecule has 154 valence electrons. The topological polar surface area (TPSA) is 43.8 Å². The van der Waals surface area contributed by atoms with Gasteiger partial charge in [-0.25, -0.2) is 9.37 Å². The molecule has 5 nitrogen and oxygen atoms in total. The number of nitrogens with one attached hydrogen (secondary N) is 1. The summed E-state index contributed by atoms with van der Waals surface area (Å²) in [7, 11) is 2.00. The van der Waals surface area contributed by atoms with Crippen molar-refractivity contribution in [2.24, 2.45) is 4.99 Å². The smallest absolute Gasteiger partial charge is 0.193 e. The number of rotatable bonds is 7. The van der Waals surface area contributed by atoms with E-state index in [4.69, 9.17) is 9.98 Å². The molecule has 1 aromatic carbocycles. The number of hydrogen-bond acceptors (Lipinski definition) is 4. The van der Waals surface area contributed by atoms with E-state index in [2.05, 4.69) is 27.4 Å². The molecule has 1 aliphatic rings. The van der Waals surface area contributed by atoms with Crippen molar-refractivity contribution in [3.63, 3.8) is 0 Å². The lowest BCUT2D eigenvalue weighted by Crippen LogP contribution is -2.38. The largest absolute Gasteiger partial charge is 0.357 e. The van der Waals surface area contributed by atoms with Crippen LogP contribution in [0, 0.1) is 5.82 Å². The van der Waals surface area contributed by atoms with Crippen LogP contribution in [-0.4, -0.2) is 49.1 Å². The predicted octanol–water partition coefficient (Wildman–Crippen LogP) is 4.14. The molecule has 28 heavy (non-hydrogen) atoms. The van der Waals surface area contributed by atoms with Crippen LogP contribution in [0.5, 0.6) is 0 Å². The van der Waals surface area contributed by atoms with Crippen molar-refractivity contribution in [2.75, 3.05) is 38.1 Å². The van der Waals surface area contributed by atoms with Gasteiger partial charge in [-0.05, 0) is 37.5 Å². The van der Waals surface area contributed by atoms with Crippen LogP contribution in [-0.2, 0) is 13.0 Å². The molecule has 0 unspecified atom stereocenters. The Hall–Kier alpha value is -1.42. The highest BCUT2D eigenvalue weighted by Gasteiger charge is 2.15. The van der Waals surface area contributed by atoms with Crippen molar-refractivity contribution in [2.45, 2.75) is 32.7 Å². The molecule has 1 saturated heterocycles. The molecular formula is C20H29FIN5S. The van der Waals surface area contributed by atoms with Crippen molar-refractivity contribution in [3.8, 4) is 0 Å². The highest BCUT2D eigenvalue weighted by atomic mass is 127. The second-order valence-corrected chi connectivity index (χ2v) is 7.62. The van der Waals surface area contributed by atoms with Crippen LogP contribution in [0.4, 0.5) is 9.52 Å². The molecule has 3 rings (SSSR count). The summed E-state index contributed by atoms with van der Waals surface area (Å²) in [6.45, 7) is 6.50. The first kappa shape index (κ1) is 22.9. The van der Waals surface area contributed by atoms with E-state index in [0.717, 1.165) is 48.4 Å². The summed E-state index contributed by atoms with van der Waals surface area (Å²) < 4.78 is 13.1. The van der Waals surface area contributed by atoms with Gasteiger partial charge in [0.05, 0.1) is 5.69 Å². The molecule has 2 aromatic rings. The quantitative estimate of drug-likeness (QED) is 0.341. The highest BCUT2D eigenvalue weighted by molar-refractivity contribution is 14.0. The van der Waals surface area contributed by atoms with E-state index < -0.39 is 0 Å². The summed E-state index contributed by atoms with van der Waals surface area (Å²) in [6.07, 6.45) is 3.38. The van der Waals surface area contributed by atoms with E-state index in [1.54, 1.807) is 11.3 Å². The molecule has 1 aliphatic heterocycles. The summed E-state index contributed by atoms with van der Waals surface area (Å²) in [5.74, 6) is 0.648. The maximum atomic E-state index is 13.1. The van der Waals surface area contributed by atoms with Gasteiger partial charge in [0, 0.05) is 51.6 Å². The zero-order chi connectivity index (χ0) is 19.1. The molecule has 0 aliphatic carbocycles. The van der Waals surface area contributed by atoms with Gasteiger partial charge < -0.3 is 15.1 Å². The molecule has 0 amide bonds. The normalized spacial score (nSPS) is 14.1. The number of halogens is 2. The Morgan fingerprint density at radius 1 is 1.29 bits per heavy atom. The number of hydrogen-bond donors (Lipinski definition) is 1. The lowest BCUT2D eigenvalue weighted by Gasteiger charge is -2.22. The van der Waals surface area contributed by atoms with E-state index in [1.807, 2.05) is 19.2 Å². The van der Waals surface area contributed by atoms with Crippen LogP contribution in [0.2, 0.25) is 0 Å². The van der Waals surface area contributed by atoms with Crippen LogP contribution in [0.1, 0.15) is 31.0 Å². The van der Waals surface area contributed by atoms with Crippen molar-refractivity contribution >= 4 is 46.4 Å². The molecule has 1 aromatic heterocycles. The second kappa shape index (κ2) is 11.5. The fourth-order valence-electron chi connectivity index (χ4n) is 3.15. The zero-order valence-electron chi connectivity index (χ0n) is 16.5. The fraction of sp³-hybridized carbons (Fsp3) is 0.500. The third-order valence-corrected chi connectivity index (χ3v) is 5.53. The van der Waals surface area contributed by atoms with Crippen molar-refractivity contribution in [1.29, 1.82) is 0 Å². The summed E-state index contributed by atoms with van der Waals surface area (Å²) in [4.78, 5) is 13.9. The van der Waals surface area contributed by atoms with Crippen LogP contribution in [0.3, 0.4) is 0 Å². The maximum absolute atomic E-state index is 13.1. The SMILES string of the molecule is CCNC(=NCCc1csc(N2CCCC2)n1)N(C)Cc1ccc(F)cc1.I. The zero-order valence-corrected chi connectivity index (χ0v) is 19.7. The van der Waals surface area contributed by atoms with E-state index in [9.17, 15) is 4.39 Å². The average molecular weight is 517 g/mol. The molecule has 1 fully saturated rings. The van der Waals surface area contributed by atoms with Gasteiger partial charge >= 0.3 is 0 Å². The first-order valence-electron chi connectivity index (χ1n) is 9.59. The van der Waals surface area contributed by atoms with Crippen LogP contribution in [0.15, 0.2) is 34.6 Å². The van der Waals surface area contributed by atoms with Crippen LogP contribution >= 0.6 is 35.3 Å². The molecule has 1 N–H and O–H groups in total. The van der Waals surface area contributed by atoms with Crippen LogP contribution < -0.4 is 10.2 Å². The third-order valence-electron chi connectivity index (χ3n) is 4.58. The third kappa shape index (κ3) is 6.58. The number of guanidine groups is 1. The fourth-order valence-corrected chi connectivity index (χ4v) is 4.06. The molecule has 0 saturated carbocycles. The molecule has 0 spiro atoms. The maximum Gasteiger partial charge on any atom is 0.193 e. The Labute approximate surface area is 188 Å². The molecule has 2 heterocycles. The number of aromatic nitrogens is 1. The summed E-state index contributed by atoms with van der Waals surface area (Å²) >= 11 is 1.73. The van der Waals surface area contributed by atoms with E-state index in [0.29, 0.717) is 13.1 Å². The van der Waals surface area contributed by atoms with Crippen molar-refractivity contribution in [3.05, 3.63) is 46.7 Å². The number of anilines is 1. The van der Waals surface area contributed by atoms with Gasteiger partial charge in [-0.15, -0.1) is 35.3 Å². The Balaban J connectivity index is 0.00000280. The van der Waals surface area contributed by atoms with Crippen LogP contribution in [0.25, 0.3) is 0 Å². The van der Waals surface area contributed by atoms with Gasteiger partial charge in [0.1, 0.15) is 5.82 Å². The summed E-state index contributed by atoms with van der Waals surface area (Å²) in [5, 5.41) is 6.62. The molecular weight excluding hydrogens is 488 g/mol. The van der Waals surface area contributed by atoms with Gasteiger partial charge in [0.25, 0.3) is 0 Å². The Bertz CT molecular complexity index is 743. The first-order chi connectivity index (χ1) is 13.2. The van der Waals surface area contributed by atoms with Gasteiger partial charge in [0.15, 0.2) is 11.1 Å². The van der Waals surface area contributed by atoms with Gasteiger partial charge in [-0.1, -0.05) is 12.1 Å². The Morgan fingerprint density at radius 2 is 2.00 bits per heavy atom. The summed E-state index contributed by atoms with van der Waals surface area (Å²) in [5.41, 5.74) is 2.17. The van der Waals surface area contributed by atoms with E-state index in [-0.39, 0.29) is 29.8 Å². The molecule has 0 atom stereocenters. The van der Waals surface area contributed by atoms with Crippen molar-refractivity contribution < 1.29 is 4.39 Å². The lowest BCUT2D eigenvalue weighted by atomic mass is 10.2. The van der Waals surface area contributed by atoms with E-state index >= 15 is 0 Å². The van der Waals surface area contributed by atoms with Crippen molar-refractivity contribution in [1.82, 2.24) is 15.2 Å². The first-order valence-corrected chi connectivity index (χ1v) is 10.5. The predicted molar refractivity (Wildman–Crippen MR) is 127 cm³/mol. The molecule has 0 bridgehead atoms. The minimum Gasteiger partial charge on any atom is -0.357 e. The van der Waals surface area contributed by atoms with Gasteiger partial charge in [-0.2, -0.15) is 0 Å². The number of nitrogens with zero attached hydrogens (tertiary/aromatic N) is 4. The highest BCUT2D eigenvalue weighted by Crippen LogP contribution is 2.24. The molecule has 0 radical (unpaired) electrons. The molecule has 8 heteroatoms. The number of benzene rings is 1. The lowest BCUT2D eigenvalue weighted by molar-refractivity contribution is 0.476. The Kier molecular flexibility index (Phi) is 9.43.